The Morgan fingerprint density at radius 3 is 2.50 bits per heavy atom. The van der Waals surface area contributed by atoms with E-state index in [-0.39, 0.29) is 11.7 Å². The van der Waals surface area contributed by atoms with Gasteiger partial charge >= 0.3 is 5.69 Å². The van der Waals surface area contributed by atoms with E-state index in [1.165, 1.54) is 4.88 Å². The second kappa shape index (κ2) is 5.48. The molecule has 0 aliphatic carbocycles. The Hall–Kier alpha value is -0.890. The summed E-state index contributed by atoms with van der Waals surface area (Å²) in [4.78, 5) is 18.1. The molecule has 0 radical (unpaired) electrons. The summed E-state index contributed by atoms with van der Waals surface area (Å²) in [5.41, 5.74) is 2.49. The van der Waals surface area contributed by atoms with E-state index in [9.17, 15) is 4.79 Å². The first kappa shape index (κ1) is 14.1. The number of halogens is 2. The van der Waals surface area contributed by atoms with Crippen LogP contribution in [0.2, 0.25) is 0 Å². The van der Waals surface area contributed by atoms with E-state index in [4.69, 9.17) is 0 Å². The average molecular weight is 417 g/mol. The predicted octanol–water partition coefficient (Wildman–Crippen LogP) is 3.75. The topological polar surface area (TPSA) is 60.7 Å². The number of nitrogens with one attached hydrogen (secondary N) is 3. The zero-order valence-electron chi connectivity index (χ0n) is 10.5. The predicted molar refractivity (Wildman–Crippen MR) is 89.5 cm³/mol. The minimum absolute atomic E-state index is 0.0570. The third kappa shape index (κ3) is 2.39. The fraction of sp³-hybridized carbons (Fsp3) is 0.154. The minimum Gasteiger partial charge on any atom is -0.309 e. The van der Waals surface area contributed by atoms with Gasteiger partial charge in [0.15, 0.2) is 0 Å². The first-order valence-electron chi connectivity index (χ1n) is 5.91. The van der Waals surface area contributed by atoms with Gasteiger partial charge in [-0.25, -0.2) is 4.79 Å². The molecule has 0 aliphatic heterocycles. The number of hydrogen-bond acceptors (Lipinski definition) is 3. The van der Waals surface area contributed by atoms with Crippen LogP contribution in [0, 0.1) is 0 Å². The van der Waals surface area contributed by atoms with Crippen LogP contribution in [0.25, 0.3) is 11.0 Å². The lowest BCUT2D eigenvalue weighted by atomic mass is 10.0. The summed E-state index contributed by atoms with van der Waals surface area (Å²) < 4.78 is 2.04. The van der Waals surface area contributed by atoms with Crippen LogP contribution in [0.15, 0.2) is 37.3 Å². The Morgan fingerprint density at radius 1 is 1.20 bits per heavy atom. The summed E-state index contributed by atoms with van der Waals surface area (Å²) in [6.45, 7) is 0. The summed E-state index contributed by atoms with van der Waals surface area (Å²) in [6, 6.07) is 6.01. The molecule has 3 N–H and O–H groups in total. The summed E-state index contributed by atoms with van der Waals surface area (Å²) in [5.74, 6) is 0. The highest BCUT2D eigenvalue weighted by atomic mass is 79.9. The largest absolute Gasteiger partial charge is 0.323 e. The Labute approximate surface area is 135 Å². The highest BCUT2D eigenvalue weighted by molar-refractivity contribution is 9.10. The fourth-order valence-electron chi connectivity index (χ4n) is 2.23. The quantitative estimate of drug-likeness (QED) is 0.608. The molecular formula is C13H11Br2N3OS. The molecule has 20 heavy (non-hydrogen) atoms. The Kier molecular flexibility index (Phi) is 3.85. The second-order valence-electron chi connectivity index (χ2n) is 4.35. The van der Waals surface area contributed by atoms with Crippen LogP contribution in [0.1, 0.15) is 16.5 Å². The van der Waals surface area contributed by atoms with E-state index in [0.29, 0.717) is 0 Å². The minimum atomic E-state index is -0.192. The maximum absolute atomic E-state index is 11.4. The zero-order chi connectivity index (χ0) is 14.3. The fourth-order valence-corrected chi connectivity index (χ4v) is 4.53. The zero-order valence-corrected chi connectivity index (χ0v) is 14.4. The summed E-state index contributed by atoms with van der Waals surface area (Å²) in [6.07, 6.45) is 0. The van der Waals surface area contributed by atoms with Gasteiger partial charge in [-0.15, -0.1) is 11.3 Å². The highest BCUT2D eigenvalue weighted by Crippen LogP contribution is 2.36. The number of aromatic amines is 2. The number of H-pyrrole nitrogens is 2. The highest BCUT2D eigenvalue weighted by Gasteiger charge is 2.20. The molecule has 0 saturated heterocycles. The molecule has 1 aromatic carbocycles. The smallest absolute Gasteiger partial charge is 0.309 e. The van der Waals surface area contributed by atoms with Crippen molar-refractivity contribution in [2.24, 2.45) is 0 Å². The van der Waals surface area contributed by atoms with Gasteiger partial charge in [-0.2, -0.15) is 0 Å². The van der Waals surface area contributed by atoms with Gasteiger partial charge in [0, 0.05) is 13.8 Å². The van der Waals surface area contributed by atoms with Crippen LogP contribution in [-0.4, -0.2) is 17.0 Å². The number of benzene rings is 1. The van der Waals surface area contributed by atoms with Gasteiger partial charge < -0.3 is 15.3 Å². The van der Waals surface area contributed by atoms with Crippen LogP contribution < -0.4 is 11.0 Å². The average Bonchev–Trinajstić information content (AvgIpc) is 2.96. The van der Waals surface area contributed by atoms with Gasteiger partial charge in [-0.1, -0.05) is 15.9 Å². The monoisotopic (exact) mass is 415 g/mol. The molecule has 4 nitrogen and oxygen atoms in total. The molecule has 0 aliphatic rings. The standard InChI is InChI=1S/C13H11Br2N3OS/c1-16-11(12-7(14)2-3-20-12)6-4-9-10(5-8(6)15)18-13(19)17-9/h2-5,11,16H,1H3,(H2,17,18,19). The number of thiophene rings is 1. The normalized spacial score (nSPS) is 12.9. The van der Waals surface area contributed by atoms with Gasteiger partial charge in [0.25, 0.3) is 0 Å². The summed E-state index contributed by atoms with van der Waals surface area (Å²) >= 11 is 8.85. The molecule has 1 atom stereocenters. The van der Waals surface area contributed by atoms with Gasteiger partial charge in [0.05, 0.1) is 17.1 Å². The summed E-state index contributed by atoms with van der Waals surface area (Å²) in [5, 5.41) is 5.37. The van der Waals surface area contributed by atoms with Crippen molar-refractivity contribution in [1.82, 2.24) is 15.3 Å². The van der Waals surface area contributed by atoms with E-state index in [1.807, 2.05) is 30.6 Å². The first-order valence-corrected chi connectivity index (χ1v) is 8.38. The molecule has 0 saturated carbocycles. The maximum Gasteiger partial charge on any atom is 0.323 e. The third-order valence-corrected chi connectivity index (χ3v) is 5.76. The lowest BCUT2D eigenvalue weighted by molar-refractivity contribution is 0.699. The van der Waals surface area contributed by atoms with Gasteiger partial charge in [0.2, 0.25) is 0 Å². The molecule has 3 rings (SSSR count). The van der Waals surface area contributed by atoms with Crippen LogP contribution >= 0.6 is 43.2 Å². The lowest BCUT2D eigenvalue weighted by Gasteiger charge is -2.17. The molecule has 2 heterocycles. The van der Waals surface area contributed by atoms with Crippen molar-refractivity contribution >= 4 is 54.2 Å². The van der Waals surface area contributed by atoms with Gasteiger partial charge in [0.1, 0.15) is 0 Å². The molecule has 104 valence electrons. The van der Waals surface area contributed by atoms with E-state index >= 15 is 0 Å². The summed E-state index contributed by atoms with van der Waals surface area (Å²) in [7, 11) is 1.92. The maximum atomic E-state index is 11.4. The van der Waals surface area contributed by atoms with E-state index < -0.39 is 0 Å². The van der Waals surface area contributed by atoms with E-state index in [2.05, 4.69) is 47.1 Å². The molecule has 0 bridgehead atoms. The number of hydrogen-bond donors (Lipinski definition) is 3. The Morgan fingerprint density at radius 2 is 1.90 bits per heavy atom. The molecule has 2 aromatic heterocycles. The first-order chi connectivity index (χ1) is 9.60. The van der Waals surface area contributed by atoms with Crippen molar-refractivity contribution in [2.45, 2.75) is 6.04 Å². The van der Waals surface area contributed by atoms with Crippen molar-refractivity contribution in [3.8, 4) is 0 Å². The molecule has 3 aromatic rings. The lowest BCUT2D eigenvalue weighted by Crippen LogP contribution is -2.17. The Balaban J connectivity index is 2.18. The molecule has 0 fully saturated rings. The van der Waals surface area contributed by atoms with Crippen molar-refractivity contribution in [1.29, 1.82) is 0 Å². The van der Waals surface area contributed by atoms with Crippen LogP contribution in [0.5, 0.6) is 0 Å². The number of fused-ring (bicyclic) bond motifs is 1. The van der Waals surface area contributed by atoms with E-state index in [0.717, 1.165) is 25.5 Å². The van der Waals surface area contributed by atoms with Crippen LogP contribution in [0.4, 0.5) is 0 Å². The SMILES string of the molecule is CNC(c1cc2[nH]c(=O)[nH]c2cc1Br)c1sccc1Br. The molecular weight excluding hydrogens is 406 g/mol. The second-order valence-corrected chi connectivity index (χ2v) is 7.01. The number of imidazole rings is 1. The third-order valence-electron chi connectivity index (χ3n) is 3.14. The number of rotatable bonds is 3. The van der Waals surface area contributed by atoms with Crippen molar-refractivity contribution in [3.63, 3.8) is 0 Å². The van der Waals surface area contributed by atoms with Crippen molar-refractivity contribution in [2.75, 3.05) is 7.05 Å². The molecule has 0 amide bonds. The van der Waals surface area contributed by atoms with Gasteiger partial charge in [-0.3, -0.25) is 0 Å². The number of aromatic nitrogens is 2. The Bertz CT molecular complexity index is 820. The van der Waals surface area contributed by atoms with Crippen LogP contribution in [0.3, 0.4) is 0 Å². The van der Waals surface area contributed by atoms with Crippen molar-refractivity contribution < 1.29 is 0 Å². The van der Waals surface area contributed by atoms with Crippen molar-refractivity contribution in [3.05, 3.63) is 53.4 Å². The van der Waals surface area contributed by atoms with Crippen LogP contribution in [-0.2, 0) is 0 Å². The van der Waals surface area contributed by atoms with E-state index in [1.54, 1.807) is 11.3 Å². The molecule has 1 unspecified atom stereocenters. The molecule has 0 spiro atoms. The molecule has 7 heteroatoms. The van der Waals surface area contributed by atoms with Gasteiger partial charge in [-0.05, 0) is 52.1 Å².